The Kier molecular flexibility index (Phi) is 3.96. The Morgan fingerprint density at radius 2 is 1.00 bits per heavy atom. The van der Waals surface area contributed by atoms with Crippen LogP contribution in [0, 0.1) is 27.7 Å². The van der Waals surface area contributed by atoms with Gasteiger partial charge in [-0.1, -0.05) is 12.1 Å². The van der Waals surface area contributed by atoms with Crippen LogP contribution in [-0.2, 0) is 19.5 Å². The second-order valence-electron chi connectivity index (χ2n) is 2.95. The van der Waals surface area contributed by atoms with Gasteiger partial charge in [-0.2, -0.15) is 0 Å². The molecule has 11 heavy (non-hydrogen) atoms. The average Bonchev–Trinajstić information content (AvgIpc) is 1.93. The van der Waals surface area contributed by atoms with Crippen LogP contribution in [0.25, 0.3) is 0 Å². The van der Waals surface area contributed by atoms with Crippen LogP contribution in [0.1, 0.15) is 22.3 Å². The first-order valence-electron chi connectivity index (χ1n) is 3.66. The maximum absolute atomic E-state index is 2.18. The fourth-order valence-corrected chi connectivity index (χ4v) is 1.09. The molecule has 1 rings (SSSR count). The summed E-state index contributed by atoms with van der Waals surface area (Å²) in [6.45, 7) is 8.67. The van der Waals surface area contributed by atoms with E-state index in [0.717, 1.165) is 0 Å². The Bertz CT molecular complexity index is 224. The zero-order valence-corrected chi connectivity index (χ0v) is 9.25. The van der Waals surface area contributed by atoms with Crippen LogP contribution >= 0.6 is 0 Å². The quantitative estimate of drug-likeness (QED) is 0.606. The number of aryl methyl sites for hydroxylation is 2. The van der Waals surface area contributed by atoms with Crippen LogP contribution < -0.4 is 0 Å². The summed E-state index contributed by atoms with van der Waals surface area (Å²) >= 11 is 0. The van der Waals surface area contributed by atoms with E-state index in [9.17, 15) is 0 Å². The van der Waals surface area contributed by atoms with Crippen molar-refractivity contribution in [1.82, 2.24) is 0 Å². The van der Waals surface area contributed by atoms with Crippen LogP contribution in [0.4, 0.5) is 0 Å². The number of rotatable bonds is 0. The third-order valence-corrected chi connectivity index (χ3v) is 2.33. The summed E-state index contributed by atoms with van der Waals surface area (Å²) in [5.41, 5.74) is 5.64. The molecule has 1 heteroatoms. The molecule has 0 amide bonds. The van der Waals surface area contributed by atoms with E-state index in [1.54, 1.807) is 0 Å². The van der Waals surface area contributed by atoms with Crippen LogP contribution in [0.15, 0.2) is 12.1 Å². The van der Waals surface area contributed by atoms with Gasteiger partial charge in [-0.25, -0.2) is 0 Å². The van der Waals surface area contributed by atoms with Crippen molar-refractivity contribution in [3.05, 3.63) is 34.4 Å². The molecule has 0 aliphatic rings. The second kappa shape index (κ2) is 4.02. The maximum atomic E-state index is 2.18. The molecule has 0 unspecified atom stereocenters. The Morgan fingerprint density at radius 3 is 1.27 bits per heavy atom. The van der Waals surface area contributed by atoms with Crippen molar-refractivity contribution < 1.29 is 19.5 Å². The molecule has 0 spiro atoms. The number of benzene rings is 1. The van der Waals surface area contributed by atoms with E-state index < -0.39 is 0 Å². The van der Waals surface area contributed by atoms with Gasteiger partial charge in [0.15, 0.2) is 0 Å². The summed E-state index contributed by atoms with van der Waals surface area (Å²) in [6, 6.07) is 4.36. The first-order chi connectivity index (χ1) is 4.63. The molecule has 0 N–H and O–H groups in total. The molecule has 0 radical (unpaired) electrons. The minimum absolute atomic E-state index is 0. The Morgan fingerprint density at radius 1 is 0.727 bits per heavy atom. The van der Waals surface area contributed by atoms with E-state index in [2.05, 4.69) is 39.8 Å². The van der Waals surface area contributed by atoms with Crippen molar-refractivity contribution >= 4 is 0 Å². The Hall–Kier alpha value is -0.157. The fraction of sp³-hybridized carbons (Fsp3) is 0.400. The third-order valence-electron chi connectivity index (χ3n) is 2.33. The summed E-state index contributed by atoms with van der Waals surface area (Å²) in [7, 11) is 0. The summed E-state index contributed by atoms with van der Waals surface area (Å²) < 4.78 is 0. The second-order valence-corrected chi connectivity index (χ2v) is 2.95. The van der Waals surface area contributed by atoms with Gasteiger partial charge >= 0.3 is 19.5 Å². The van der Waals surface area contributed by atoms with Gasteiger partial charge in [-0.05, 0) is 49.9 Å². The Labute approximate surface area is 81.8 Å². The Balaban J connectivity index is 0.000001000. The molecule has 0 aromatic heterocycles. The summed E-state index contributed by atoms with van der Waals surface area (Å²) in [5, 5.41) is 0. The molecule has 0 saturated heterocycles. The van der Waals surface area contributed by atoms with E-state index in [0.29, 0.717) is 0 Å². The largest absolute Gasteiger partial charge is 2.00 e. The predicted octanol–water partition coefficient (Wildman–Crippen LogP) is 2.92. The van der Waals surface area contributed by atoms with Crippen molar-refractivity contribution in [2.75, 3.05) is 0 Å². The van der Waals surface area contributed by atoms with Crippen molar-refractivity contribution in [2.24, 2.45) is 0 Å². The molecule has 0 aliphatic carbocycles. The van der Waals surface area contributed by atoms with E-state index >= 15 is 0 Å². The molecule has 0 aliphatic heterocycles. The fourth-order valence-electron chi connectivity index (χ4n) is 1.09. The van der Waals surface area contributed by atoms with E-state index in [4.69, 9.17) is 0 Å². The van der Waals surface area contributed by atoms with Gasteiger partial charge in [0.25, 0.3) is 0 Å². The molecule has 1 aromatic rings. The summed E-state index contributed by atoms with van der Waals surface area (Å²) in [5.74, 6) is 0. The molecular weight excluding hydrogens is 221 g/mol. The average molecular weight is 235 g/mol. The van der Waals surface area contributed by atoms with Crippen LogP contribution in [0.5, 0.6) is 0 Å². The number of hydrogen-bond acceptors (Lipinski definition) is 0. The molecule has 0 fully saturated rings. The standard InChI is InChI=1S/C10H14.Ru/c1-7-5-6-8(2)10(4)9(7)3;/h5-6H,1-4H3;/q;+2. The molecule has 1 aromatic carbocycles. The van der Waals surface area contributed by atoms with Gasteiger partial charge in [0.2, 0.25) is 0 Å². The predicted molar refractivity (Wildman–Crippen MR) is 45.4 cm³/mol. The van der Waals surface area contributed by atoms with Crippen molar-refractivity contribution in [3.63, 3.8) is 0 Å². The van der Waals surface area contributed by atoms with Crippen LogP contribution in [-0.4, -0.2) is 0 Å². The van der Waals surface area contributed by atoms with Gasteiger partial charge in [0, 0.05) is 0 Å². The van der Waals surface area contributed by atoms with E-state index in [1.165, 1.54) is 22.3 Å². The summed E-state index contributed by atoms with van der Waals surface area (Å²) in [4.78, 5) is 0. The SMILES string of the molecule is Cc1ccc(C)c(C)c1C.[Ru+2]. The molecule has 0 nitrogen and oxygen atoms in total. The topological polar surface area (TPSA) is 0 Å². The smallest absolute Gasteiger partial charge is 0.0588 e. The molecule has 60 valence electrons. The van der Waals surface area contributed by atoms with E-state index in [-0.39, 0.29) is 19.5 Å². The van der Waals surface area contributed by atoms with Gasteiger partial charge in [-0.15, -0.1) is 0 Å². The first kappa shape index (κ1) is 10.8. The van der Waals surface area contributed by atoms with Crippen LogP contribution in [0.2, 0.25) is 0 Å². The zero-order chi connectivity index (χ0) is 7.72. The number of hydrogen-bond donors (Lipinski definition) is 0. The third kappa shape index (κ3) is 2.13. The van der Waals surface area contributed by atoms with Gasteiger partial charge in [0.1, 0.15) is 0 Å². The molecule has 0 saturated carbocycles. The monoisotopic (exact) mass is 236 g/mol. The maximum Gasteiger partial charge on any atom is 2.00 e. The minimum Gasteiger partial charge on any atom is -0.0588 e. The molecule has 0 atom stereocenters. The van der Waals surface area contributed by atoms with Gasteiger partial charge in [-0.3, -0.25) is 0 Å². The molecular formula is C10H14Ru+2. The van der Waals surface area contributed by atoms with Gasteiger partial charge < -0.3 is 0 Å². The first-order valence-corrected chi connectivity index (χ1v) is 3.66. The zero-order valence-electron chi connectivity index (χ0n) is 7.51. The van der Waals surface area contributed by atoms with Crippen molar-refractivity contribution in [2.45, 2.75) is 27.7 Å². The van der Waals surface area contributed by atoms with Gasteiger partial charge in [0.05, 0.1) is 0 Å². The normalized spacial score (nSPS) is 9.09. The van der Waals surface area contributed by atoms with Crippen molar-refractivity contribution in [3.8, 4) is 0 Å². The molecule has 0 heterocycles. The van der Waals surface area contributed by atoms with E-state index in [1.807, 2.05) is 0 Å². The van der Waals surface area contributed by atoms with Crippen LogP contribution in [0.3, 0.4) is 0 Å². The minimum atomic E-state index is 0. The molecule has 0 bridgehead atoms. The van der Waals surface area contributed by atoms with Crippen molar-refractivity contribution in [1.29, 1.82) is 0 Å². The summed E-state index contributed by atoms with van der Waals surface area (Å²) in [6.07, 6.45) is 0.